The van der Waals surface area contributed by atoms with Crippen LogP contribution in [-0.2, 0) is 0 Å². The Labute approximate surface area is 246 Å². The quantitative estimate of drug-likeness (QED) is 0.228. The normalized spacial score (nSPS) is 18.6. The zero-order valence-corrected chi connectivity index (χ0v) is 23.2. The van der Waals surface area contributed by atoms with Crippen molar-refractivity contribution in [1.82, 2.24) is 9.97 Å². The highest BCUT2D eigenvalue weighted by molar-refractivity contribution is 6.17. The van der Waals surface area contributed by atoms with E-state index in [1.165, 1.54) is 39.0 Å². The molecule has 0 N–H and O–H groups in total. The third kappa shape index (κ3) is 4.44. The summed E-state index contributed by atoms with van der Waals surface area (Å²) in [4.78, 5) is 14.3. The molecular formula is C39H29N3. The summed E-state index contributed by atoms with van der Waals surface area (Å²) in [6.07, 6.45) is 14.7. The molecule has 3 aromatic carbocycles. The molecule has 2 unspecified atom stereocenters. The summed E-state index contributed by atoms with van der Waals surface area (Å²) in [7, 11) is 0. The van der Waals surface area contributed by atoms with Crippen LogP contribution in [0.3, 0.4) is 0 Å². The first-order valence-electron chi connectivity index (χ1n) is 14.6. The minimum absolute atomic E-state index is 0.339. The van der Waals surface area contributed by atoms with Crippen LogP contribution in [0, 0.1) is 0 Å². The second kappa shape index (κ2) is 10.4. The molecule has 5 aromatic rings. The van der Waals surface area contributed by atoms with E-state index in [9.17, 15) is 0 Å². The van der Waals surface area contributed by atoms with Gasteiger partial charge in [-0.1, -0.05) is 91.0 Å². The van der Waals surface area contributed by atoms with Crippen molar-refractivity contribution in [1.29, 1.82) is 0 Å². The van der Waals surface area contributed by atoms with Crippen molar-refractivity contribution in [2.24, 2.45) is 4.99 Å². The number of nitrogens with zero attached hydrogens (tertiary/aromatic N) is 3. The second-order valence-corrected chi connectivity index (χ2v) is 11.2. The van der Waals surface area contributed by atoms with Gasteiger partial charge in [0.15, 0.2) is 0 Å². The number of pyridine rings is 2. The van der Waals surface area contributed by atoms with Crippen LogP contribution in [0.1, 0.15) is 58.2 Å². The van der Waals surface area contributed by atoms with Crippen LogP contribution in [0.25, 0.3) is 22.9 Å². The Hall–Kier alpha value is -5.15. The van der Waals surface area contributed by atoms with Gasteiger partial charge in [0.05, 0.1) is 22.8 Å². The number of aliphatic imine (C=N–C) groups is 1. The van der Waals surface area contributed by atoms with Crippen LogP contribution >= 0.6 is 0 Å². The average Bonchev–Trinajstić information content (AvgIpc) is 3.20. The Bertz CT molecular complexity index is 1930. The summed E-state index contributed by atoms with van der Waals surface area (Å²) in [6, 6.07) is 36.7. The number of fused-ring (bicyclic) bond motifs is 6. The Morgan fingerprint density at radius 1 is 0.667 bits per heavy atom. The van der Waals surface area contributed by atoms with Crippen LogP contribution in [-0.4, -0.2) is 15.7 Å². The molecule has 3 heterocycles. The zero-order valence-electron chi connectivity index (χ0n) is 23.2. The van der Waals surface area contributed by atoms with E-state index >= 15 is 0 Å². The van der Waals surface area contributed by atoms with Crippen molar-refractivity contribution in [3.63, 3.8) is 0 Å². The van der Waals surface area contributed by atoms with Gasteiger partial charge >= 0.3 is 0 Å². The van der Waals surface area contributed by atoms with Crippen molar-refractivity contribution < 1.29 is 0 Å². The van der Waals surface area contributed by atoms with Gasteiger partial charge in [0.2, 0.25) is 0 Å². The Morgan fingerprint density at radius 2 is 1.45 bits per heavy atom. The van der Waals surface area contributed by atoms with Crippen LogP contribution in [0.5, 0.6) is 0 Å². The van der Waals surface area contributed by atoms with E-state index in [4.69, 9.17) is 9.98 Å². The molecule has 0 saturated heterocycles. The first-order chi connectivity index (χ1) is 20.8. The van der Waals surface area contributed by atoms with Crippen molar-refractivity contribution in [2.75, 3.05) is 0 Å². The molecule has 2 aliphatic carbocycles. The Kier molecular flexibility index (Phi) is 6.07. The van der Waals surface area contributed by atoms with E-state index < -0.39 is 0 Å². The first kappa shape index (κ1) is 24.6. The standard InChI is InChI=1S/C39H29N3/c1-2-7-33-31(6-1)24-32-25-35(33)34-8-3-4-9-38(34)42-39(32)30-18-14-27(15-19-30)26-12-16-28(17-13-26)36-10-5-11-37(41-36)29-20-22-40-23-21-29/h1-12,14-24,26,35H,13,25H2. The fraction of sp³-hybridized carbons (Fsp3) is 0.103. The van der Waals surface area contributed by atoms with Gasteiger partial charge < -0.3 is 0 Å². The van der Waals surface area contributed by atoms with Gasteiger partial charge in [0, 0.05) is 35.4 Å². The lowest BCUT2D eigenvalue weighted by molar-refractivity contribution is 0.811. The van der Waals surface area contributed by atoms with Crippen LogP contribution in [0.15, 0.2) is 144 Å². The highest BCUT2D eigenvalue weighted by Gasteiger charge is 2.29. The van der Waals surface area contributed by atoms with E-state index in [2.05, 4.69) is 120 Å². The van der Waals surface area contributed by atoms with Gasteiger partial charge in [0.25, 0.3) is 0 Å². The van der Waals surface area contributed by atoms with E-state index in [1.54, 1.807) is 0 Å². The maximum absolute atomic E-state index is 5.26. The van der Waals surface area contributed by atoms with Crippen molar-refractivity contribution in [3.8, 4) is 11.3 Å². The highest BCUT2D eigenvalue weighted by Crippen LogP contribution is 2.45. The van der Waals surface area contributed by atoms with Gasteiger partial charge in [0.1, 0.15) is 0 Å². The fourth-order valence-electron chi connectivity index (χ4n) is 6.53. The number of aromatic nitrogens is 2. The zero-order chi connectivity index (χ0) is 27.9. The van der Waals surface area contributed by atoms with Gasteiger partial charge in [-0.15, -0.1) is 0 Å². The molecule has 0 spiro atoms. The molecule has 0 amide bonds. The lowest BCUT2D eigenvalue weighted by atomic mass is 9.78. The SMILES string of the molecule is C1=CC(c2ccc(C3=Nc4ccccc4C4CC3=Cc3ccccc34)cc2)CC=C1c1cccc(-c2ccncc2)n1. The van der Waals surface area contributed by atoms with Gasteiger partial charge in [-0.3, -0.25) is 4.98 Å². The van der Waals surface area contributed by atoms with Crippen molar-refractivity contribution in [3.05, 3.63) is 173 Å². The molecule has 0 fully saturated rings. The van der Waals surface area contributed by atoms with E-state index in [0.717, 1.165) is 41.2 Å². The molecule has 8 rings (SSSR count). The molecule has 0 saturated carbocycles. The van der Waals surface area contributed by atoms with Gasteiger partial charge in [-0.2, -0.15) is 0 Å². The predicted octanol–water partition coefficient (Wildman–Crippen LogP) is 9.32. The monoisotopic (exact) mass is 539 g/mol. The van der Waals surface area contributed by atoms with E-state index in [-0.39, 0.29) is 0 Å². The van der Waals surface area contributed by atoms with Gasteiger partial charge in [-0.25, -0.2) is 9.98 Å². The molecule has 1 aliphatic heterocycles. The number of hydrogen-bond acceptors (Lipinski definition) is 3. The number of hydrogen-bond donors (Lipinski definition) is 0. The lowest BCUT2D eigenvalue weighted by Crippen LogP contribution is -2.13. The van der Waals surface area contributed by atoms with Gasteiger partial charge in [-0.05, 0) is 82.6 Å². The maximum atomic E-state index is 5.26. The van der Waals surface area contributed by atoms with Crippen molar-refractivity contribution in [2.45, 2.75) is 24.7 Å². The molecule has 2 bridgehead atoms. The van der Waals surface area contributed by atoms with Crippen molar-refractivity contribution >= 4 is 23.0 Å². The number of rotatable bonds is 4. The topological polar surface area (TPSA) is 38.1 Å². The summed E-state index contributed by atoms with van der Waals surface area (Å²) >= 11 is 0. The molecular weight excluding hydrogens is 510 g/mol. The minimum atomic E-state index is 0.339. The lowest BCUT2D eigenvalue weighted by Gasteiger charge is -2.25. The first-order valence-corrected chi connectivity index (χ1v) is 14.6. The third-order valence-corrected chi connectivity index (χ3v) is 8.71. The van der Waals surface area contributed by atoms with Crippen LogP contribution in [0.4, 0.5) is 5.69 Å². The maximum Gasteiger partial charge on any atom is 0.0741 e. The average molecular weight is 540 g/mol. The molecule has 42 heavy (non-hydrogen) atoms. The smallest absolute Gasteiger partial charge is 0.0741 e. The fourth-order valence-corrected chi connectivity index (χ4v) is 6.53. The molecule has 2 atom stereocenters. The van der Waals surface area contributed by atoms with E-state index in [1.807, 2.05) is 24.5 Å². The highest BCUT2D eigenvalue weighted by atomic mass is 14.8. The summed E-state index contributed by atoms with van der Waals surface area (Å²) < 4.78 is 0. The summed E-state index contributed by atoms with van der Waals surface area (Å²) in [5.41, 5.74) is 14.2. The largest absolute Gasteiger partial charge is 0.265 e. The minimum Gasteiger partial charge on any atom is -0.265 e. The number of allylic oxidation sites excluding steroid dienone is 5. The number of para-hydroxylation sites is 1. The van der Waals surface area contributed by atoms with Crippen LogP contribution < -0.4 is 0 Å². The van der Waals surface area contributed by atoms with E-state index in [0.29, 0.717) is 11.8 Å². The number of benzene rings is 3. The molecule has 3 heteroatoms. The summed E-state index contributed by atoms with van der Waals surface area (Å²) in [5, 5.41) is 0. The molecule has 200 valence electrons. The Morgan fingerprint density at radius 3 is 2.29 bits per heavy atom. The molecule has 3 aliphatic rings. The second-order valence-electron chi connectivity index (χ2n) is 11.2. The molecule has 2 aromatic heterocycles. The molecule has 3 nitrogen and oxygen atoms in total. The predicted molar refractivity (Wildman–Crippen MR) is 172 cm³/mol. The summed E-state index contributed by atoms with van der Waals surface area (Å²) in [6.45, 7) is 0. The van der Waals surface area contributed by atoms with Crippen LogP contribution in [0.2, 0.25) is 0 Å². The molecule has 0 radical (unpaired) electrons. The third-order valence-electron chi connectivity index (χ3n) is 8.71. The Balaban J connectivity index is 1.06. The summed E-state index contributed by atoms with van der Waals surface area (Å²) in [5.74, 6) is 0.680.